The van der Waals surface area contributed by atoms with Gasteiger partial charge in [-0.2, -0.15) is 0 Å². The highest BCUT2D eigenvalue weighted by Gasteiger charge is 2.31. The lowest BCUT2D eigenvalue weighted by Crippen LogP contribution is -2.83. The first kappa shape index (κ1) is 15.2. The number of hydrogen-bond donors (Lipinski definition) is 2. The van der Waals surface area contributed by atoms with Crippen LogP contribution in [0.4, 0.5) is 0 Å². The molecule has 0 unspecified atom stereocenters. The number of quaternary nitrogens is 1. The molecule has 0 spiro atoms. The number of phenols is 1. The maximum Gasteiger partial charge on any atom is 0.231 e. The zero-order valence-electron chi connectivity index (χ0n) is 14.3. The van der Waals surface area contributed by atoms with Gasteiger partial charge in [0.1, 0.15) is 12.2 Å². The molecule has 2 aliphatic rings. The van der Waals surface area contributed by atoms with Crippen molar-refractivity contribution >= 4 is 0 Å². The van der Waals surface area contributed by atoms with Crippen LogP contribution >= 0.6 is 0 Å². The first-order valence-corrected chi connectivity index (χ1v) is 8.55. The Labute approximate surface area is 150 Å². The molecule has 0 saturated carbocycles. The number of ether oxygens (including phenoxy) is 3. The van der Waals surface area contributed by atoms with E-state index in [2.05, 4.69) is 28.2 Å². The second-order valence-corrected chi connectivity index (χ2v) is 6.46. The highest BCUT2D eigenvalue weighted by Crippen LogP contribution is 2.42. The van der Waals surface area contributed by atoms with Crippen molar-refractivity contribution in [3.05, 3.63) is 65.5 Å². The van der Waals surface area contributed by atoms with E-state index >= 15 is 0 Å². The number of methoxy groups -OCH3 is 1. The van der Waals surface area contributed by atoms with E-state index in [0.717, 1.165) is 35.0 Å². The van der Waals surface area contributed by atoms with Crippen molar-refractivity contribution in [3.8, 4) is 28.7 Å². The molecule has 3 aromatic rings. The summed E-state index contributed by atoms with van der Waals surface area (Å²) in [6.45, 7) is 1.06. The summed E-state index contributed by atoms with van der Waals surface area (Å²) in [5, 5.41) is 12.2. The van der Waals surface area contributed by atoms with Crippen LogP contribution in [0, 0.1) is 0 Å². The Bertz CT molecular complexity index is 995. The predicted molar refractivity (Wildman–Crippen MR) is 94.0 cm³/mol. The molecule has 0 radical (unpaired) electrons. The topological polar surface area (TPSA) is 69.5 Å². The van der Waals surface area contributed by atoms with Gasteiger partial charge in [0.05, 0.1) is 12.8 Å². The molecular weight excluding hydrogens is 332 g/mol. The van der Waals surface area contributed by atoms with Crippen LogP contribution in [0.1, 0.15) is 22.9 Å². The monoisotopic (exact) mass is 351 g/mol. The van der Waals surface area contributed by atoms with E-state index in [-0.39, 0.29) is 18.6 Å². The number of aromatic nitrogens is 1. The largest absolute Gasteiger partial charge is 0.504 e. The number of nitrogens with two attached hydrogens (primary N) is 1. The van der Waals surface area contributed by atoms with Gasteiger partial charge in [-0.15, -0.1) is 0 Å². The van der Waals surface area contributed by atoms with Gasteiger partial charge in [0.25, 0.3) is 0 Å². The second kappa shape index (κ2) is 5.71. The summed E-state index contributed by atoms with van der Waals surface area (Å²) in [4.78, 5) is 0. The molecule has 2 aromatic carbocycles. The molecule has 0 aliphatic carbocycles. The van der Waals surface area contributed by atoms with E-state index < -0.39 is 0 Å². The predicted octanol–water partition coefficient (Wildman–Crippen LogP) is 2.09. The lowest BCUT2D eigenvalue weighted by molar-refractivity contribution is -0.702. The zero-order chi connectivity index (χ0) is 17.7. The molecule has 0 bridgehead atoms. The Kier molecular flexibility index (Phi) is 3.33. The molecule has 6 heteroatoms. The third-order valence-electron chi connectivity index (χ3n) is 5.07. The lowest BCUT2D eigenvalue weighted by Gasteiger charge is -2.16. The van der Waals surface area contributed by atoms with Gasteiger partial charge in [0.2, 0.25) is 6.79 Å². The molecule has 3 heterocycles. The third-order valence-corrected chi connectivity index (χ3v) is 5.07. The number of hydrogen-bond acceptors (Lipinski definition) is 4. The van der Waals surface area contributed by atoms with Crippen LogP contribution in [0.5, 0.6) is 23.0 Å². The maximum atomic E-state index is 9.92. The summed E-state index contributed by atoms with van der Waals surface area (Å²) < 4.78 is 18.8. The molecule has 132 valence electrons. The van der Waals surface area contributed by atoms with Crippen molar-refractivity contribution in [3.63, 3.8) is 0 Å². The standard InChI is InChI=1S/C20H18N2O4/c1-24-17-9-12(4-6-15(17)23)18-14-3-2-8-22(14)19-13(10-21-18)5-7-16-20(19)26-11-25-16/h2-9,18,21,23H,10-11H2,1H3/p+1/t18-/m1/s1. The van der Waals surface area contributed by atoms with E-state index in [9.17, 15) is 5.11 Å². The van der Waals surface area contributed by atoms with E-state index in [0.29, 0.717) is 5.75 Å². The number of aromatic hydroxyl groups is 1. The van der Waals surface area contributed by atoms with Crippen molar-refractivity contribution < 1.29 is 24.6 Å². The molecular formula is C20H19N2O4+. The van der Waals surface area contributed by atoms with Gasteiger partial charge in [-0.1, -0.05) is 0 Å². The van der Waals surface area contributed by atoms with Crippen molar-refractivity contribution in [2.24, 2.45) is 0 Å². The molecule has 1 atom stereocenters. The fourth-order valence-corrected chi connectivity index (χ4v) is 3.84. The first-order chi connectivity index (χ1) is 12.8. The van der Waals surface area contributed by atoms with Gasteiger partial charge >= 0.3 is 0 Å². The maximum absolute atomic E-state index is 9.92. The van der Waals surface area contributed by atoms with Crippen LogP contribution in [0.3, 0.4) is 0 Å². The fraction of sp³-hybridized carbons (Fsp3) is 0.200. The Morgan fingerprint density at radius 2 is 2.12 bits per heavy atom. The van der Waals surface area contributed by atoms with E-state index in [4.69, 9.17) is 14.2 Å². The molecule has 1 aromatic heterocycles. The van der Waals surface area contributed by atoms with Gasteiger partial charge in [-0.25, -0.2) is 0 Å². The Hall–Kier alpha value is -3.12. The van der Waals surface area contributed by atoms with Crippen molar-refractivity contribution in [2.75, 3.05) is 13.9 Å². The number of benzene rings is 2. The van der Waals surface area contributed by atoms with Gasteiger partial charge in [0.15, 0.2) is 29.0 Å². The molecule has 26 heavy (non-hydrogen) atoms. The second-order valence-electron chi connectivity index (χ2n) is 6.46. The highest BCUT2D eigenvalue weighted by molar-refractivity contribution is 5.62. The van der Waals surface area contributed by atoms with E-state index in [1.54, 1.807) is 13.2 Å². The van der Waals surface area contributed by atoms with Crippen LogP contribution in [0.15, 0.2) is 48.7 Å². The molecule has 2 aliphatic heterocycles. The quantitative estimate of drug-likeness (QED) is 0.742. The highest BCUT2D eigenvalue weighted by atomic mass is 16.7. The number of rotatable bonds is 2. The molecule has 5 rings (SSSR count). The van der Waals surface area contributed by atoms with E-state index in [1.165, 1.54) is 5.56 Å². The number of nitrogens with zero attached hydrogens (tertiary/aromatic N) is 1. The Balaban J connectivity index is 1.67. The summed E-state index contributed by atoms with van der Waals surface area (Å²) in [7, 11) is 1.56. The average molecular weight is 351 g/mol. The van der Waals surface area contributed by atoms with Crippen LogP contribution in [-0.2, 0) is 6.54 Å². The Morgan fingerprint density at radius 3 is 3.00 bits per heavy atom. The summed E-state index contributed by atoms with van der Waals surface area (Å²) in [6, 6.07) is 13.8. The van der Waals surface area contributed by atoms with E-state index in [1.807, 2.05) is 24.3 Å². The minimum atomic E-state index is 0.0740. The van der Waals surface area contributed by atoms with Gasteiger partial charge in [0, 0.05) is 17.3 Å². The number of fused-ring (bicyclic) bond motifs is 5. The molecule has 3 N–H and O–H groups in total. The summed E-state index contributed by atoms with van der Waals surface area (Å²) in [5.74, 6) is 2.21. The van der Waals surface area contributed by atoms with Crippen LogP contribution in [0.2, 0.25) is 0 Å². The zero-order valence-corrected chi connectivity index (χ0v) is 14.3. The van der Waals surface area contributed by atoms with Gasteiger partial charge in [-0.05, 0) is 42.5 Å². The van der Waals surface area contributed by atoms with Gasteiger partial charge in [-0.3, -0.25) is 0 Å². The normalized spacial score (nSPS) is 17.3. The van der Waals surface area contributed by atoms with Crippen molar-refractivity contribution in [2.45, 2.75) is 12.6 Å². The molecule has 0 saturated heterocycles. The molecule has 6 nitrogen and oxygen atoms in total. The molecule has 0 amide bonds. The first-order valence-electron chi connectivity index (χ1n) is 8.55. The summed E-state index contributed by atoms with van der Waals surface area (Å²) >= 11 is 0. The summed E-state index contributed by atoms with van der Waals surface area (Å²) in [5.41, 5.74) is 4.45. The molecule has 0 fully saturated rings. The summed E-state index contributed by atoms with van der Waals surface area (Å²) in [6.07, 6.45) is 2.06. The smallest absolute Gasteiger partial charge is 0.231 e. The van der Waals surface area contributed by atoms with Crippen molar-refractivity contribution in [1.29, 1.82) is 0 Å². The average Bonchev–Trinajstić information content (AvgIpc) is 3.30. The number of phenolic OH excluding ortho intramolecular Hbond substituents is 1. The Morgan fingerprint density at radius 1 is 1.19 bits per heavy atom. The van der Waals surface area contributed by atoms with Crippen LogP contribution < -0.4 is 19.5 Å². The minimum Gasteiger partial charge on any atom is -0.504 e. The third kappa shape index (κ3) is 2.16. The SMILES string of the molecule is COc1cc([C@H]2[NH2+]Cc3ccc4c(c3-n3cccc32)OCO4)ccc1O. The van der Waals surface area contributed by atoms with Crippen LogP contribution in [0.25, 0.3) is 5.69 Å². The minimum absolute atomic E-state index is 0.0740. The fourth-order valence-electron chi connectivity index (χ4n) is 3.84. The lowest BCUT2D eigenvalue weighted by atomic mass is 10.0. The van der Waals surface area contributed by atoms with Crippen LogP contribution in [-0.4, -0.2) is 23.6 Å². The van der Waals surface area contributed by atoms with Crippen molar-refractivity contribution in [1.82, 2.24) is 4.57 Å². The van der Waals surface area contributed by atoms with Gasteiger partial charge < -0.3 is 29.2 Å².